The van der Waals surface area contributed by atoms with Crippen molar-refractivity contribution < 1.29 is 9.53 Å². The van der Waals surface area contributed by atoms with Crippen LogP contribution in [0.3, 0.4) is 0 Å². The van der Waals surface area contributed by atoms with Crippen molar-refractivity contribution in [3.63, 3.8) is 0 Å². The van der Waals surface area contributed by atoms with Gasteiger partial charge in [0.25, 0.3) is 5.91 Å². The van der Waals surface area contributed by atoms with Crippen LogP contribution in [-0.4, -0.2) is 32.0 Å². The van der Waals surface area contributed by atoms with Crippen LogP contribution in [0.2, 0.25) is 0 Å². The number of ether oxygens (including phenoxy) is 1. The van der Waals surface area contributed by atoms with Crippen LogP contribution in [0.4, 0.5) is 5.00 Å². The fourth-order valence-electron chi connectivity index (χ4n) is 1.88. The topological polar surface area (TPSA) is 55.6 Å². The molecule has 0 radical (unpaired) electrons. The molecular formula is C14H16N2O2S. The number of anilines is 1. The Morgan fingerprint density at radius 3 is 2.58 bits per heavy atom. The Bertz CT molecular complexity index is 605. The Hall–Kier alpha value is -2.01. The lowest BCUT2D eigenvalue weighted by Crippen LogP contribution is -2.22. The van der Waals surface area contributed by atoms with Crippen LogP contribution >= 0.6 is 11.3 Å². The Balaban J connectivity index is 2.61. The maximum atomic E-state index is 12.2. The zero-order valence-corrected chi connectivity index (χ0v) is 12.0. The third kappa shape index (κ3) is 2.42. The van der Waals surface area contributed by atoms with Crippen molar-refractivity contribution in [1.29, 1.82) is 0 Å². The largest absolute Gasteiger partial charge is 0.496 e. The summed E-state index contributed by atoms with van der Waals surface area (Å²) in [4.78, 5) is 13.8. The summed E-state index contributed by atoms with van der Waals surface area (Å²) < 4.78 is 5.34. The standard InChI is InChI=1S/C14H16N2O2S/c1-16(2)14(17)12-10(8-19-13(12)15)9-6-4-5-7-11(9)18-3/h4-8H,15H2,1-3H3. The first-order chi connectivity index (χ1) is 9.06. The molecule has 0 aliphatic carbocycles. The number of hydrogen-bond acceptors (Lipinski definition) is 4. The maximum absolute atomic E-state index is 12.2. The number of rotatable bonds is 3. The van der Waals surface area contributed by atoms with Gasteiger partial charge in [0.15, 0.2) is 0 Å². The highest BCUT2D eigenvalue weighted by Gasteiger charge is 2.21. The van der Waals surface area contributed by atoms with E-state index in [4.69, 9.17) is 10.5 Å². The Morgan fingerprint density at radius 2 is 1.95 bits per heavy atom. The number of hydrogen-bond donors (Lipinski definition) is 1. The van der Waals surface area contributed by atoms with Crippen molar-refractivity contribution in [2.75, 3.05) is 26.9 Å². The van der Waals surface area contributed by atoms with Crippen LogP contribution in [0.25, 0.3) is 11.1 Å². The fourth-order valence-corrected chi connectivity index (χ4v) is 2.69. The average molecular weight is 276 g/mol. The first-order valence-electron chi connectivity index (χ1n) is 5.78. The van der Waals surface area contributed by atoms with Gasteiger partial charge in [0.2, 0.25) is 0 Å². The molecule has 0 spiro atoms. The van der Waals surface area contributed by atoms with Crippen LogP contribution in [-0.2, 0) is 0 Å². The Kier molecular flexibility index (Phi) is 3.76. The van der Waals surface area contributed by atoms with Crippen molar-refractivity contribution in [2.24, 2.45) is 0 Å². The van der Waals surface area contributed by atoms with E-state index >= 15 is 0 Å². The van der Waals surface area contributed by atoms with E-state index in [0.29, 0.717) is 10.6 Å². The second-order valence-corrected chi connectivity index (χ2v) is 5.20. The minimum Gasteiger partial charge on any atom is -0.496 e. The third-order valence-electron chi connectivity index (χ3n) is 2.84. The second kappa shape index (κ2) is 5.32. The second-order valence-electron chi connectivity index (χ2n) is 4.29. The van der Waals surface area contributed by atoms with Crippen molar-refractivity contribution in [1.82, 2.24) is 4.90 Å². The van der Waals surface area contributed by atoms with Crippen LogP contribution in [0.15, 0.2) is 29.6 Å². The summed E-state index contributed by atoms with van der Waals surface area (Å²) in [5.41, 5.74) is 8.18. The fraction of sp³-hybridized carbons (Fsp3) is 0.214. The lowest BCUT2D eigenvalue weighted by Gasteiger charge is -2.13. The molecule has 0 aliphatic heterocycles. The average Bonchev–Trinajstić information content (AvgIpc) is 2.79. The molecular weight excluding hydrogens is 260 g/mol. The molecule has 4 nitrogen and oxygen atoms in total. The number of methoxy groups -OCH3 is 1. The van der Waals surface area contributed by atoms with Gasteiger partial charge in [0.1, 0.15) is 5.75 Å². The number of para-hydroxylation sites is 1. The van der Waals surface area contributed by atoms with Crippen molar-refractivity contribution in [3.8, 4) is 16.9 Å². The predicted octanol–water partition coefficient (Wildman–Crippen LogP) is 2.71. The number of nitrogens with zero attached hydrogens (tertiary/aromatic N) is 1. The molecule has 1 heterocycles. The highest BCUT2D eigenvalue weighted by atomic mass is 32.1. The first kappa shape index (κ1) is 13.4. The molecule has 1 aromatic heterocycles. The zero-order chi connectivity index (χ0) is 14.0. The molecule has 0 unspecified atom stereocenters. The zero-order valence-electron chi connectivity index (χ0n) is 11.1. The number of thiophene rings is 1. The highest BCUT2D eigenvalue weighted by Crippen LogP contribution is 2.38. The van der Waals surface area contributed by atoms with Gasteiger partial charge in [-0.15, -0.1) is 11.3 Å². The van der Waals surface area contributed by atoms with Crippen LogP contribution in [0.1, 0.15) is 10.4 Å². The summed E-state index contributed by atoms with van der Waals surface area (Å²) in [5, 5.41) is 2.42. The summed E-state index contributed by atoms with van der Waals surface area (Å²) in [6.45, 7) is 0. The summed E-state index contributed by atoms with van der Waals surface area (Å²) in [6.07, 6.45) is 0. The third-order valence-corrected chi connectivity index (χ3v) is 3.65. The van der Waals surface area contributed by atoms with Crippen LogP contribution in [0.5, 0.6) is 5.75 Å². The predicted molar refractivity (Wildman–Crippen MR) is 78.7 cm³/mol. The highest BCUT2D eigenvalue weighted by molar-refractivity contribution is 7.15. The first-order valence-corrected chi connectivity index (χ1v) is 6.66. The molecule has 1 aromatic carbocycles. The molecule has 19 heavy (non-hydrogen) atoms. The van der Waals surface area contributed by atoms with Gasteiger partial charge in [0.05, 0.1) is 17.7 Å². The van der Waals surface area contributed by atoms with Crippen molar-refractivity contribution >= 4 is 22.2 Å². The molecule has 1 amide bonds. The number of nitrogen functional groups attached to an aromatic ring is 1. The van der Waals surface area contributed by atoms with Crippen molar-refractivity contribution in [2.45, 2.75) is 0 Å². The molecule has 2 aromatic rings. The smallest absolute Gasteiger partial charge is 0.256 e. The molecule has 5 heteroatoms. The molecule has 0 fully saturated rings. The van der Waals surface area contributed by atoms with Crippen molar-refractivity contribution in [3.05, 3.63) is 35.2 Å². The summed E-state index contributed by atoms with van der Waals surface area (Å²) in [6, 6.07) is 7.60. The minimum absolute atomic E-state index is 0.0975. The normalized spacial score (nSPS) is 10.3. The Labute approximate surface area is 116 Å². The van der Waals surface area contributed by atoms with Gasteiger partial charge in [-0.25, -0.2) is 0 Å². The lowest BCUT2D eigenvalue weighted by molar-refractivity contribution is 0.0830. The van der Waals surface area contributed by atoms with Gasteiger partial charge in [0, 0.05) is 30.6 Å². The van der Waals surface area contributed by atoms with E-state index in [2.05, 4.69) is 0 Å². The van der Waals surface area contributed by atoms with Gasteiger partial charge in [-0.3, -0.25) is 4.79 Å². The number of nitrogens with two attached hydrogens (primary N) is 1. The summed E-state index contributed by atoms with van der Waals surface area (Å²) in [5.74, 6) is 0.632. The lowest BCUT2D eigenvalue weighted by atomic mass is 10.0. The molecule has 0 saturated heterocycles. The molecule has 0 saturated carbocycles. The molecule has 0 aliphatic rings. The summed E-state index contributed by atoms with van der Waals surface area (Å²) >= 11 is 1.37. The quantitative estimate of drug-likeness (QED) is 0.937. The summed E-state index contributed by atoms with van der Waals surface area (Å²) in [7, 11) is 5.04. The number of amides is 1. The minimum atomic E-state index is -0.0975. The number of carbonyl (C=O) groups is 1. The molecule has 2 rings (SSSR count). The van der Waals surface area contributed by atoms with E-state index in [-0.39, 0.29) is 5.91 Å². The molecule has 0 bridgehead atoms. The van der Waals surface area contributed by atoms with E-state index in [9.17, 15) is 4.79 Å². The van der Waals surface area contributed by atoms with Gasteiger partial charge in [-0.1, -0.05) is 18.2 Å². The molecule has 2 N–H and O–H groups in total. The van der Waals surface area contributed by atoms with E-state index in [0.717, 1.165) is 16.9 Å². The Morgan fingerprint density at radius 1 is 1.26 bits per heavy atom. The van der Waals surface area contributed by atoms with E-state index < -0.39 is 0 Å². The number of carbonyl (C=O) groups excluding carboxylic acids is 1. The van der Waals surface area contributed by atoms with E-state index in [1.165, 1.54) is 16.2 Å². The molecule has 0 atom stereocenters. The van der Waals surface area contributed by atoms with Crippen LogP contribution in [0, 0.1) is 0 Å². The van der Waals surface area contributed by atoms with Gasteiger partial charge in [-0.05, 0) is 6.07 Å². The van der Waals surface area contributed by atoms with Gasteiger partial charge < -0.3 is 15.4 Å². The maximum Gasteiger partial charge on any atom is 0.256 e. The number of benzene rings is 1. The van der Waals surface area contributed by atoms with Gasteiger partial charge in [-0.2, -0.15) is 0 Å². The monoisotopic (exact) mass is 276 g/mol. The molecule has 100 valence electrons. The SMILES string of the molecule is COc1ccccc1-c1csc(N)c1C(=O)N(C)C. The van der Waals surface area contributed by atoms with E-state index in [1.807, 2.05) is 29.6 Å². The van der Waals surface area contributed by atoms with Crippen LogP contribution < -0.4 is 10.5 Å². The van der Waals surface area contributed by atoms with E-state index in [1.54, 1.807) is 21.2 Å². The van der Waals surface area contributed by atoms with Gasteiger partial charge >= 0.3 is 0 Å².